The molecule has 0 saturated heterocycles. The van der Waals surface area contributed by atoms with Gasteiger partial charge in [0, 0.05) is 13.2 Å². The molecule has 1 aliphatic heterocycles. The first-order valence-corrected chi connectivity index (χ1v) is 6.81. The van der Waals surface area contributed by atoms with Gasteiger partial charge in [0.2, 0.25) is 0 Å². The Morgan fingerprint density at radius 2 is 1.92 bits per heavy atom. The molecule has 132 valence electrons. The number of carbonyl (C=O) groups is 1. The van der Waals surface area contributed by atoms with Crippen LogP contribution in [0.2, 0.25) is 0 Å². The Balaban J connectivity index is 2.55. The first-order chi connectivity index (χ1) is 11.0. The zero-order valence-corrected chi connectivity index (χ0v) is 13.4. The zero-order valence-electron chi connectivity index (χ0n) is 13.4. The Morgan fingerprint density at radius 3 is 2.38 bits per heavy atom. The van der Waals surface area contributed by atoms with E-state index in [-0.39, 0.29) is 16.9 Å². The molecule has 1 aromatic rings. The van der Waals surface area contributed by atoms with Crippen molar-refractivity contribution in [1.82, 2.24) is 10.2 Å². The van der Waals surface area contributed by atoms with Crippen LogP contribution in [0.1, 0.15) is 22.8 Å². The van der Waals surface area contributed by atoms with Crippen LogP contribution >= 0.6 is 0 Å². The molecule has 1 N–H and O–H groups in total. The number of halogens is 4. The molecule has 1 aliphatic rings. The van der Waals surface area contributed by atoms with Crippen molar-refractivity contribution in [2.45, 2.75) is 18.8 Å². The lowest BCUT2D eigenvalue weighted by Crippen LogP contribution is -2.46. The molecular formula is C15H16F4N2O3. The molecule has 0 amide bonds. The molecule has 1 heterocycles. The van der Waals surface area contributed by atoms with Crippen molar-refractivity contribution >= 4 is 5.97 Å². The number of rotatable bonds is 3. The highest BCUT2D eigenvalue weighted by Gasteiger charge is 2.48. The lowest BCUT2D eigenvalue weighted by atomic mass is 9.97. The summed E-state index contributed by atoms with van der Waals surface area (Å²) in [6.45, 7) is 1.38. The molecule has 1 aromatic carbocycles. The Labute approximate surface area is 135 Å². The SMILES string of the molecule is COC(=O)c1cc(F)c(C2(C)NC(C(F)(F)F)=CN2C)c(OC)c1. The molecule has 0 fully saturated rings. The minimum Gasteiger partial charge on any atom is -0.496 e. The van der Waals surface area contributed by atoms with E-state index in [0.29, 0.717) is 0 Å². The van der Waals surface area contributed by atoms with Gasteiger partial charge >= 0.3 is 12.1 Å². The molecule has 0 aliphatic carbocycles. The van der Waals surface area contributed by atoms with Crippen molar-refractivity contribution in [1.29, 1.82) is 0 Å². The summed E-state index contributed by atoms with van der Waals surface area (Å²) in [6.07, 6.45) is -3.77. The van der Waals surface area contributed by atoms with Crippen LogP contribution < -0.4 is 10.1 Å². The number of esters is 1. The second-order valence-corrected chi connectivity index (χ2v) is 5.38. The van der Waals surface area contributed by atoms with Gasteiger partial charge < -0.3 is 19.7 Å². The van der Waals surface area contributed by atoms with Crippen molar-refractivity contribution in [3.8, 4) is 5.75 Å². The summed E-state index contributed by atoms with van der Waals surface area (Å²) in [4.78, 5) is 12.8. The predicted molar refractivity (Wildman–Crippen MR) is 76.7 cm³/mol. The number of nitrogens with one attached hydrogen (secondary N) is 1. The number of allylic oxidation sites excluding steroid dienone is 1. The van der Waals surface area contributed by atoms with Crippen LogP contribution in [0.15, 0.2) is 24.0 Å². The molecule has 0 aromatic heterocycles. The van der Waals surface area contributed by atoms with Gasteiger partial charge in [0.1, 0.15) is 22.9 Å². The number of carbonyl (C=O) groups excluding carboxylic acids is 1. The van der Waals surface area contributed by atoms with E-state index in [1.165, 1.54) is 32.0 Å². The molecule has 9 heteroatoms. The summed E-state index contributed by atoms with van der Waals surface area (Å²) in [6, 6.07) is 2.12. The number of alkyl halides is 3. The normalized spacial score (nSPS) is 20.5. The average molecular weight is 348 g/mol. The standard InChI is InChI=1S/C15H16F4N2O3/c1-14(20-11(7-21(14)2)15(17,18)19)12-9(16)5-8(13(22)24-4)6-10(12)23-3/h5-7,20H,1-4H3. The number of hydrogen-bond acceptors (Lipinski definition) is 5. The van der Waals surface area contributed by atoms with E-state index >= 15 is 0 Å². The quantitative estimate of drug-likeness (QED) is 0.672. The van der Waals surface area contributed by atoms with Crippen molar-refractivity contribution in [3.63, 3.8) is 0 Å². The smallest absolute Gasteiger partial charge is 0.432 e. The first-order valence-electron chi connectivity index (χ1n) is 6.81. The number of methoxy groups -OCH3 is 2. The summed E-state index contributed by atoms with van der Waals surface area (Å²) in [5, 5.41) is 2.28. The third kappa shape index (κ3) is 2.85. The van der Waals surface area contributed by atoms with Gasteiger partial charge in [-0.2, -0.15) is 13.2 Å². The van der Waals surface area contributed by atoms with Crippen molar-refractivity contribution in [3.05, 3.63) is 41.0 Å². The fourth-order valence-corrected chi connectivity index (χ4v) is 2.54. The molecule has 0 spiro atoms. The fourth-order valence-electron chi connectivity index (χ4n) is 2.54. The highest BCUT2D eigenvalue weighted by atomic mass is 19.4. The van der Waals surface area contributed by atoms with E-state index < -0.39 is 29.3 Å². The number of nitrogens with zero attached hydrogens (tertiary/aromatic N) is 1. The van der Waals surface area contributed by atoms with E-state index in [2.05, 4.69) is 10.1 Å². The van der Waals surface area contributed by atoms with Crippen LogP contribution in [-0.4, -0.2) is 38.3 Å². The summed E-state index contributed by atoms with van der Waals surface area (Å²) in [7, 11) is 3.74. The van der Waals surface area contributed by atoms with Gasteiger partial charge in [-0.25, -0.2) is 9.18 Å². The number of ether oxygens (including phenoxy) is 2. The zero-order chi connectivity index (χ0) is 18.3. The molecular weight excluding hydrogens is 332 g/mol. The van der Waals surface area contributed by atoms with Gasteiger partial charge in [-0.15, -0.1) is 0 Å². The minimum atomic E-state index is -4.61. The Kier molecular flexibility index (Phi) is 4.38. The summed E-state index contributed by atoms with van der Waals surface area (Å²) in [5.41, 5.74) is -2.82. The van der Waals surface area contributed by atoms with Gasteiger partial charge in [0.15, 0.2) is 0 Å². The molecule has 1 atom stereocenters. The molecule has 24 heavy (non-hydrogen) atoms. The molecule has 2 rings (SSSR count). The summed E-state index contributed by atoms with van der Waals surface area (Å²) >= 11 is 0. The second-order valence-electron chi connectivity index (χ2n) is 5.38. The van der Waals surface area contributed by atoms with E-state index in [1.54, 1.807) is 0 Å². The van der Waals surface area contributed by atoms with Crippen LogP contribution in [0.4, 0.5) is 17.6 Å². The predicted octanol–water partition coefficient (Wildman–Crippen LogP) is 2.73. The lowest BCUT2D eigenvalue weighted by molar-refractivity contribution is -0.0978. The second kappa shape index (κ2) is 5.88. The third-order valence-electron chi connectivity index (χ3n) is 3.89. The number of hydrogen-bond donors (Lipinski definition) is 1. The maximum atomic E-state index is 14.6. The van der Waals surface area contributed by atoms with Gasteiger partial charge in [0.05, 0.1) is 25.3 Å². The average Bonchev–Trinajstić information content (AvgIpc) is 2.81. The maximum absolute atomic E-state index is 14.6. The van der Waals surface area contributed by atoms with E-state index in [9.17, 15) is 22.4 Å². The molecule has 0 bridgehead atoms. The Bertz CT molecular complexity index is 703. The topological polar surface area (TPSA) is 50.8 Å². The van der Waals surface area contributed by atoms with Crippen LogP contribution in [0.25, 0.3) is 0 Å². The Hall–Kier alpha value is -2.45. The minimum absolute atomic E-state index is 0.0749. The monoisotopic (exact) mass is 348 g/mol. The van der Waals surface area contributed by atoms with Gasteiger partial charge in [-0.3, -0.25) is 0 Å². The molecule has 5 nitrogen and oxygen atoms in total. The van der Waals surface area contributed by atoms with Gasteiger partial charge in [0.25, 0.3) is 0 Å². The van der Waals surface area contributed by atoms with Gasteiger partial charge in [-0.1, -0.05) is 0 Å². The fraction of sp³-hybridized carbons (Fsp3) is 0.400. The highest BCUT2D eigenvalue weighted by Crippen LogP contribution is 2.41. The van der Waals surface area contributed by atoms with Crippen LogP contribution in [0, 0.1) is 5.82 Å². The van der Waals surface area contributed by atoms with Crippen LogP contribution in [0.5, 0.6) is 5.75 Å². The maximum Gasteiger partial charge on any atom is 0.432 e. The van der Waals surface area contributed by atoms with E-state index in [0.717, 1.165) is 19.4 Å². The van der Waals surface area contributed by atoms with Crippen LogP contribution in [0.3, 0.4) is 0 Å². The molecule has 1 unspecified atom stereocenters. The first kappa shape index (κ1) is 17.9. The number of benzene rings is 1. The largest absolute Gasteiger partial charge is 0.496 e. The lowest BCUT2D eigenvalue weighted by Gasteiger charge is -2.36. The van der Waals surface area contributed by atoms with Crippen LogP contribution in [-0.2, 0) is 10.4 Å². The summed E-state index contributed by atoms with van der Waals surface area (Å²) in [5.74, 6) is -1.76. The summed E-state index contributed by atoms with van der Waals surface area (Å²) < 4.78 is 63.1. The van der Waals surface area contributed by atoms with Crippen molar-refractivity contribution in [2.24, 2.45) is 0 Å². The molecule has 0 saturated carbocycles. The van der Waals surface area contributed by atoms with Gasteiger partial charge in [-0.05, 0) is 19.1 Å². The van der Waals surface area contributed by atoms with Crippen molar-refractivity contribution < 1.29 is 31.8 Å². The van der Waals surface area contributed by atoms with Crippen molar-refractivity contribution in [2.75, 3.05) is 21.3 Å². The van der Waals surface area contributed by atoms with E-state index in [4.69, 9.17) is 4.74 Å². The third-order valence-corrected chi connectivity index (χ3v) is 3.89. The Morgan fingerprint density at radius 1 is 1.29 bits per heavy atom. The van der Waals surface area contributed by atoms with E-state index in [1.807, 2.05) is 0 Å². The molecule has 0 radical (unpaired) electrons. The highest BCUT2D eigenvalue weighted by molar-refractivity contribution is 5.90.